The summed E-state index contributed by atoms with van der Waals surface area (Å²) in [4.78, 5) is 11.5. The van der Waals surface area contributed by atoms with Gasteiger partial charge in [-0.15, -0.1) is 0 Å². The van der Waals surface area contributed by atoms with Crippen molar-refractivity contribution in [3.63, 3.8) is 0 Å². The van der Waals surface area contributed by atoms with Crippen LogP contribution < -0.4 is 0 Å². The summed E-state index contributed by atoms with van der Waals surface area (Å²) in [6, 6.07) is 0. The maximum absolute atomic E-state index is 11.5. The van der Waals surface area contributed by atoms with Crippen molar-refractivity contribution in [3.8, 4) is 0 Å². The highest BCUT2D eigenvalue weighted by Crippen LogP contribution is 2.32. The lowest BCUT2D eigenvalue weighted by molar-refractivity contribution is -0.114. The van der Waals surface area contributed by atoms with Crippen LogP contribution in [0.25, 0.3) is 0 Å². The van der Waals surface area contributed by atoms with Crippen LogP contribution in [-0.4, -0.2) is 5.78 Å². The van der Waals surface area contributed by atoms with Crippen LogP contribution in [0.2, 0.25) is 0 Å². The first-order valence-electron chi connectivity index (χ1n) is 6.59. The molecule has 0 saturated heterocycles. The SMILES string of the molecule is O=C1C=C(C2CCCCCC2)CCCC1. The molecular formula is C14H22O. The number of hydrogen-bond acceptors (Lipinski definition) is 1. The lowest BCUT2D eigenvalue weighted by Gasteiger charge is -2.17. The van der Waals surface area contributed by atoms with E-state index < -0.39 is 0 Å². The molecule has 0 atom stereocenters. The Labute approximate surface area is 92.9 Å². The molecule has 15 heavy (non-hydrogen) atoms. The number of ketones is 1. The van der Waals surface area contributed by atoms with Crippen molar-refractivity contribution in [1.29, 1.82) is 0 Å². The second-order valence-corrected chi connectivity index (χ2v) is 5.08. The number of carbonyl (C=O) groups excluding carboxylic acids is 1. The molecule has 1 saturated carbocycles. The number of carbonyl (C=O) groups is 1. The summed E-state index contributed by atoms with van der Waals surface area (Å²) < 4.78 is 0. The molecule has 0 aromatic rings. The molecule has 0 aromatic heterocycles. The van der Waals surface area contributed by atoms with Gasteiger partial charge in [0.15, 0.2) is 5.78 Å². The third-order valence-electron chi connectivity index (χ3n) is 3.86. The fraction of sp³-hybridized carbons (Fsp3) is 0.786. The van der Waals surface area contributed by atoms with E-state index in [0.717, 1.165) is 18.8 Å². The molecule has 2 aliphatic rings. The molecule has 1 fully saturated rings. The molecule has 0 unspecified atom stereocenters. The van der Waals surface area contributed by atoms with Crippen molar-refractivity contribution < 1.29 is 4.79 Å². The van der Waals surface area contributed by atoms with E-state index in [1.165, 1.54) is 56.9 Å². The van der Waals surface area contributed by atoms with Gasteiger partial charge in [-0.05, 0) is 44.1 Å². The molecule has 0 spiro atoms. The predicted octanol–water partition coefficient (Wildman–Crippen LogP) is 4.03. The summed E-state index contributed by atoms with van der Waals surface area (Å²) in [5.41, 5.74) is 1.49. The van der Waals surface area contributed by atoms with Crippen LogP contribution in [0.5, 0.6) is 0 Å². The van der Waals surface area contributed by atoms with E-state index in [0.29, 0.717) is 5.78 Å². The molecule has 0 bridgehead atoms. The molecular weight excluding hydrogens is 184 g/mol. The lowest BCUT2D eigenvalue weighted by Crippen LogP contribution is -2.04. The Morgan fingerprint density at radius 2 is 1.53 bits per heavy atom. The van der Waals surface area contributed by atoms with Gasteiger partial charge in [0, 0.05) is 6.42 Å². The van der Waals surface area contributed by atoms with Gasteiger partial charge in [-0.2, -0.15) is 0 Å². The Kier molecular flexibility index (Phi) is 3.99. The second-order valence-electron chi connectivity index (χ2n) is 5.08. The van der Waals surface area contributed by atoms with Crippen molar-refractivity contribution >= 4 is 5.78 Å². The second kappa shape index (κ2) is 5.48. The van der Waals surface area contributed by atoms with Gasteiger partial charge >= 0.3 is 0 Å². The summed E-state index contributed by atoms with van der Waals surface area (Å²) in [5.74, 6) is 1.13. The zero-order valence-corrected chi connectivity index (χ0v) is 9.63. The van der Waals surface area contributed by atoms with Gasteiger partial charge in [-0.3, -0.25) is 4.79 Å². The van der Waals surface area contributed by atoms with E-state index in [9.17, 15) is 4.79 Å². The van der Waals surface area contributed by atoms with Crippen LogP contribution in [0, 0.1) is 5.92 Å². The average molecular weight is 206 g/mol. The highest BCUT2D eigenvalue weighted by molar-refractivity contribution is 5.90. The first-order valence-corrected chi connectivity index (χ1v) is 6.59. The van der Waals surface area contributed by atoms with Gasteiger partial charge in [-0.1, -0.05) is 31.3 Å². The normalized spacial score (nSPS) is 25.6. The zero-order chi connectivity index (χ0) is 10.5. The summed E-state index contributed by atoms with van der Waals surface area (Å²) in [7, 11) is 0. The minimum atomic E-state index is 0.381. The van der Waals surface area contributed by atoms with E-state index >= 15 is 0 Å². The van der Waals surface area contributed by atoms with Crippen molar-refractivity contribution in [3.05, 3.63) is 11.6 Å². The van der Waals surface area contributed by atoms with E-state index in [-0.39, 0.29) is 0 Å². The Balaban J connectivity index is 2.02. The van der Waals surface area contributed by atoms with Gasteiger partial charge in [-0.25, -0.2) is 0 Å². The first-order chi connectivity index (χ1) is 7.36. The first kappa shape index (κ1) is 10.9. The number of rotatable bonds is 1. The zero-order valence-electron chi connectivity index (χ0n) is 9.63. The van der Waals surface area contributed by atoms with Crippen LogP contribution in [-0.2, 0) is 4.79 Å². The van der Waals surface area contributed by atoms with Gasteiger partial charge in [0.25, 0.3) is 0 Å². The molecule has 1 heteroatoms. The molecule has 0 N–H and O–H groups in total. The van der Waals surface area contributed by atoms with Crippen molar-refractivity contribution in [1.82, 2.24) is 0 Å². The molecule has 84 valence electrons. The summed E-state index contributed by atoms with van der Waals surface area (Å²) in [5, 5.41) is 0. The third-order valence-corrected chi connectivity index (χ3v) is 3.86. The number of allylic oxidation sites excluding steroid dienone is 2. The van der Waals surface area contributed by atoms with Crippen LogP contribution >= 0.6 is 0 Å². The average Bonchev–Trinajstić information content (AvgIpc) is 2.59. The van der Waals surface area contributed by atoms with Crippen molar-refractivity contribution in [2.75, 3.05) is 0 Å². The third kappa shape index (κ3) is 3.19. The van der Waals surface area contributed by atoms with E-state index in [1.807, 2.05) is 6.08 Å². The lowest BCUT2D eigenvalue weighted by atomic mass is 9.88. The molecule has 0 heterocycles. The molecule has 0 aliphatic heterocycles. The fourth-order valence-corrected chi connectivity index (χ4v) is 2.95. The molecule has 0 aromatic carbocycles. The number of hydrogen-bond donors (Lipinski definition) is 0. The Hall–Kier alpha value is -0.590. The van der Waals surface area contributed by atoms with Gasteiger partial charge in [0.05, 0.1) is 0 Å². The maximum atomic E-state index is 11.5. The summed E-state index contributed by atoms with van der Waals surface area (Å²) >= 11 is 0. The maximum Gasteiger partial charge on any atom is 0.155 e. The van der Waals surface area contributed by atoms with E-state index in [1.54, 1.807) is 0 Å². The molecule has 0 radical (unpaired) electrons. The largest absolute Gasteiger partial charge is 0.295 e. The minimum Gasteiger partial charge on any atom is -0.295 e. The predicted molar refractivity (Wildman–Crippen MR) is 62.8 cm³/mol. The molecule has 0 amide bonds. The van der Waals surface area contributed by atoms with Gasteiger partial charge in [0.1, 0.15) is 0 Å². The minimum absolute atomic E-state index is 0.381. The highest BCUT2D eigenvalue weighted by atomic mass is 16.1. The monoisotopic (exact) mass is 206 g/mol. The highest BCUT2D eigenvalue weighted by Gasteiger charge is 2.19. The summed E-state index contributed by atoms with van der Waals surface area (Å²) in [6.45, 7) is 0. The van der Waals surface area contributed by atoms with E-state index in [4.69, 9.17) is 0 Å². The van der Waals surface area contributed by atoms with Crippen LogP contribution in [0.1, 0.15) is 64.2 Å². The van der Waals surface area contributed by atoms with Crippen molar-refractivity contribution in [2.24, 2.45) is 5.92 Å². The quantitative estimate of drug-likeness (QED) is 0.592. The van der Waals surface area contributed by atoms with Gasteiger partial charge in [0.2, 0.25) is 0 Å². The Morgan fingerprint density at radius 1 is 0.867 bits per heavy atom. The smallest absolute Gasteiger partial charge is 0.155 e. The fourth-order valence-electron chi connectivity index (χ4n) is 2.95. The molecule has 1 nitrogen and oxygen atoms in total. The molecule has 2 aliphatic carbocycles. The topological polar surface area (TPSA) is 17.1 Å². The Bertz CT molecular complexity index is 244. The van der Waals surface area contributed by atoms with Crippen molar-refractivity contribution in [2.45, 2.75) is 64.2 Å². The van der Waals surface area contributed by atoms with Crippen LogP contribution in [0.15, 0.2) is 11.6 Å². The molecule has 2 rings (SSSR count). The standard InChI is InChI=1S/C14H22O/c15-14-10-6-5-9-13(11-14)12-7-3-1-2-4-8-12/h11-12H,1-10H2. The van der Waals surface area contributed by atoms with Crippen LogP contribution in [0.3, 0.4) is 0 Å². The van der Waals surface area contributed by atoms with Crippen LogP contribution in [0.4, 0.5) is 0 Å². The van der Waals surface area contributed by atoms with E-state index in [2.05, 4.69) is 0 Å². The Morgan fingerprint density at radius 3 is 2.27 bits per heavy atom. The summed E-state index contributed by atoms with van der Waals surface area (Å²) in [6.07, 6.45) is 14.5. The van der Waals surface area contributed by atoms with Gasteiger partial charge < -0.3 is 0 Å².